The van der Waals surface area contributed by atoms with Gasteiger partial charge in [0.2, 0.25) is 5.91 Å². The number of ether oxygens (including phenoxy) is 2. The van der Waals surface area contributed by atoms with Crippen molar-refractivity contribution >= 4 is 18.3 Å². The SMILES string of the molecule is CC(COc1ccc(F)cc1F)NC(=O)C(N)C1CCOCC1.Cl. The molecule has 2 rings (SSSR count). The molecule has 5 nitrogen and oxygen atoms in total. The normalized spacial score (nSPS) is 17.5. The summed E-state index contributed by atoms with van der Waals surface area (Å²) in [5, 5.41) is 2.75. The predicted molar refractivity (Wildman–Crippen MR) is 88.2 cm³/mol. The lowest BCUT2D eigenvalue weighted by molar-refractivity contribution is -0.125. The van der Waals surface area contributed by atoms with Crippen molar-refractivity contribution in [1.82, 2.24) is 5.32 Å². The summed E-state index contributed by atoms with van der Waals surface area (Å²) >= 11 is 0. The molecule has 0 bridgehead atoms. The highest BCUT2D eigenvalue weighted by molar-refractivity contribution is 5.85. The van der Waals surface area contributed by atoms with E-state index in [0.717, 1.165) is 25.0 Å². The summed E-state index contributed by atoms with van der Waals surface area (Å²) in [5.74, 6) is -1.65. The van der Waals surface area contributed by atoms with Gasteiger partial charge in [0, 0.05) is 19.3 Å². The van der Waals surface area contributed by atoms with Crippen molar-refractivity contribution in [3.05, 3.63) is 29.8 Å². The summed E-state index contributed by atoms with van der Waals surface area (Å²) in [6, 6.07) is 2.14. The van der Waals surface area contributed by atoms with Gasteiger partial charge in [0.05, 0.1) is 12.1 Å². The second kappa shape index (κ2) is 9.76. The van der Waals surface area contributed by atoms with Gasteiger partial charge in [-0.1, -0.05) is 0 Å². The number of nitrogens with one attached hydrogen (secondary N) is 1. The van der Waals surface area contributed by atoms with Crippen molar-refractivity contribution in [1.29, 1.82) is 0 Å². The molecule has 0 spiro atoms. The molecular formula is C16H23ClF2N2O3. The first-order valence-electron chi connectivity index (χ1n) is 7.69. The molecule has 1 aliphatic rings. The molecule has 1 heterocycles. The van der Waals surface area contributed by atoms with Crippen molar-refractivity contribution in [2.75, 3.05) is 19.8 Å². The fourth-order valence-corrected chi connectivity index (χ4v) is 2.48. The number of halogens is 3. The van der Waals surface area contributed by atoms with Gasteiger partial charge in [-0.2, -0.15) is 0 Å². The van der Waals surface area contributed by atoms with Crippen LogP contribution in [0.5, 0.6) is 5.75 Å². The van der Waals surface area contributed by atoms with E-state index in [9.17, 15) is 13.6 Å². The standard InChI is InChI=1S/C16H22F2N2O3.ClH/c1-10(9-23-14-3-2-12(17)8-13(14)18)20-16(21)15(19)11-4-6-22-7-5-11;/h2-3,8,10-11,15H,4-7,9,19H2,1H3,(H,20,21);1H. The smallest absolute Gasteiger partial charge is 0.237 e. The van der Waals surface area contributed by atoms with Crippen LogP contribution in [0.25, 0.3) is 0 Å². The highest BCUT2D eigenvalue weighted by Crippen LogP contribution is 2.19. The number of benzene rings is 1. The van der Waals surface area contributed by atoms with Crippen molar-refractivity contribution in [3.63, 3.8) is 0 Å². The zero-order valence-corrected chi connectivity index (χ0v) is 14.3. The van der Waals surface area contributed by atoms with Gasteiger partial charge in [-0.05, 0) is 37.8 Å². The third-order valence-electron chi connectivity index (χ3n) is 3.85. The molecule has 1 saturated heterocycles. The molecule has 136 valence electrons. The molecule has 0 radical (unpaired) electrons. The number of carbonyl (C=O) groups excluding carboxylic acids is 1. The minimum Gasteiger partial charge on any atom is -0.488 e. The fourth-order valence-electron chi connectivity index (χ4n) is 2.48. The molecule has 24 heavy (non-hydrogen) atoms. The summed E-state index contributed by atoms with van der Waals surface area (Å²) in [6.07, 6.45) is 1.53. The molecule has 2 atom stereocenters. The third kappa shape index (κ3) is 5.89. The van der Waals surface area contributed by atoms with Crippen LogP contribution in [-0.4, -0.2) is 37.8 Å². The maximum Gasteiger partial charge on any atom is 0.237 e. The summed E-state index contributed by atoms with van der Waals surface area (Å²) in [5.41, 5.74) is 5.98. The maximum atomic E-state index is 13.5. The Morgan fingerprint density at radius 2 is 2.08 bits per heavy atom. The number of nitrogens with two attached hydrogens (primary N) is 1. The lowest BCUT2D eigenvalue weighted by Gasteiger charge is -2.27. The van der Waals surface area contributed by atoms with Crippen LogP contribution in [0.15, 0.2) is 18.2 Å². The van der Waals surface area contributed by atoms with Crippen LogP contribution in [0.2, 0.25) is 0 Å². The lowest BCUT2D eigenvalue weighted by Crippen LogP contribution is -2.50. The van der Waals surface area contributed by atoms with Crippen LogP contribution in [0, 0.1) is 17.6 Å². The molecule has 0 saturated carbocycles. The van der Waals surface area contributed by atoms with E-state index in [4.69, 9.17) is 15.2 Å². The Bertz CT molecular complexity index is 542. The van der Waals surface area contributed by atoms with Crippen LogP contribution in [0.3, 0.4) is 0 Å². The van der Waals surface area contributed by atoms with Crippen molar-refractivity contribution in [2.45, 2.75) is 31.8 Å². The third-order valence-corrected chi connectivity index (χ3v) is 3.85. The first kappa shape index (κ1) is 20.6. The molecular weight excluding hydrogens is 342 g/mol. The Labute approximate surface area is 146 Å². The Kier molecular flexibility index (Phi) is 8.38. The molecule has 1 amide bonds. The van der Waals surface area contributed by atoms with Crippen molar-refractivity contribution in [3.8, 4) is 5.75 Å². The zero-order chi connectivity index (χ0) is 16.8. The average Bonchev–Trinajstić information content (AvgIpc) is 2.54. The second-order valence-electron chi connectivity index (χ2n) is 5.77. The second-order valence-corrected chi connectivity index (χ2v) is 5.77. The van der Waals surface area contributed by atoms with E-state index in [2.05, 4.69) is 5.32 Å². The fraction of sp³-hybridized carbons (Fsp3) is 0.562. The Morgan fingerprint density at radius 1 is 1.42 bits per heavy atom. The Balaban J connectivity index is 0.00000288. The van der Waals surface area contributed by atoms with Gasteiger partial charge >= 0.3 is 0 Å². The molecule has 2 unspecified atom stereocenters. The average molecular weight is 365 g/mol. The highest BCUT2D eigenvalue weighted by Gasteiger charge is 2.27. The Hall–Kier alpha value is -1.44. The summed E-state index contributed by atoms with van der Waals surface area (Å²) in [6.45, 7) is 3.03. The molecule has 1 aromatic carbocycles. The highest BCUT2D eigenvalue weighted by atomic mass is 35.5. The zero-order valence-electron chi connectivity index (χ0n) is 13.5. The van der Waals surface area contributed by atoms with Crippen LogP contribution in [-0.2, 0) is 9.53 Å². The number of carbonyl (C=O) groups is 1. The quantitative estimate of drug-likeness (QED) is 0.810. The number of hydrogen-bond acceptors (Lipinski definition) is 4. The van der Waals surface area contributed by atoms with Crippen molar-refractivity contribution in [2.24, 2.45) is 11.7 Å². The molecule has 8 heteroatoms. The minimum atomic E-state index is -0.776. The van der Waals surface area contributed by atoms with Crippen LogP contribution in [0.1, 0.15) is 19.8 Å². The maximum absolute atomic E-state index is 13.5. The predicted octanol–water partition coefficient (Wildman–Crippen LogP) is 2.02. The number of amides is 1. The van der Waals surface area contributed by atoms with Gasteiger partial charge in [0.1, 0.15) is 12.4 Å². The van der Waals surface area contributed by atoms with Gasteiger partial charge in [0.15, 0.2) is 11.6 Å². The molecule has 1 aromatic rings. The molecule has 3 N–H and O–H groups in total. The van der Waals surface area contributed by atoms with E-state index in [0.29, 0.717) is 13.2 Å². The van der Waals surface area contributed by atoms with E-state index in [-0.39, 0.29) is 42.6 Å². The first-order valence-corrected chi connectivity index (χ1v) is 7.69. The molecule has 0 aliphatic carbocycles. The van der Waals surface area contributed by atoms with E-state index in [1.54, 1.807) is 6.92 Å². The summed E-state index contributed by atoms with van der Waals surface area (Å²) < 4.78 is 36.8. The van der Waals surface area contributed by atoms with Gasteiger partial charge in [0.25, 0.3) is 0 Å². The van der Waals surface area contributed by atoms with Gasteiger partial charge in [-0.25, -0.2) is 8.78 Å². The van der Waals surface area contributed by atoms with Gasteiger partial charge < -0.3 is 20.5 Å². The van der Waals surface area contributed by atoms with Gasteiger partial charge in [-0.15, -0.1) is 12.4 Å². The minimum absolute atomic E-state index is 0. The van der Waals surface area contributed by atoms with E-state index < -0.39 is 17.7 Å². The monoisotopic (exact) mass is 364 g/mol. The van der Waals surface area contributed by atoms with E-state index in [1.165, 1.54) is 6.07 Å². The van der Waals surface area contributed by atoms with Crippen LogP contribution in [0.4, 0.5) is 8.78 Å². The Morgan fingerprint density at radius 3 is 2.71 bits per heavy atom. The molecule has 1 fully saturated rings. The largest absolute Gasteiger partial charge is 0.488 e. The van der Waals surface area contributed by atoms with Gasteiger partial charge in [-0.3, -0.25) is 4.79 Å². The van der Waals surface area contributed by atoms with E-state index in [1.807, 2.05) is 0 Å². The van der Waals surface area contributed by atoms with Crippen LogP contribution < -0.4 is 15.8 Å². The number of rotatable bonds is 6. The van der Waals surface area contributed by atoms with Crippen LogP contribution >= 0.6 is 12.4 Å². The number of hydrogen-bond donors (Lipinski definition) is 2. The lowest BCUT2D eigenvalue weighted by atomic mass is 9.92. The molecule has 1 aliphatic heterocycles. The van der Waals surface area contributed by atoms with Crippen molar-refractivity contribution < 1.29 is 23.0 Å². The topological polar surface area (TPSA) is 73.6 Å². The summed E-state index contributed by atoms with van der Waals surface area (Å²) in [7, 11) is 0. The summed E-state index contributed by atoms with van der Waals surface area (Å²) in [4.78, 5) is 12.1. The van der Waals surface area contributed by atoms with E-state index >= 15 is 0 Å². The first-order chi connectivity index (χ1) is 11.0. The molecule has 0 aromatic heterocycles.